The lowest BCUT2D eigenvalue weighted by atomic mass is 9.98. The van der Waals surface area contributed by atoms with Crippen LogP contribution in [0.3, 0.4) is 0 Å². The third-order valence-corrected chi connectivity index (χ3v) is 8.58. The smallest absolute Gasteiger partial charge is 0.407 e. The Morgan fingerprint density at radius 1 is 0.685 bits per heavy atom. The van der Waals surface area contributed by atoms with Crippen molar-refractivity contribution < 1.29 is 38.6 Å². The van der Waals surface area contributed by atoms with Crippen LogP contribution in [0.1, 0.15) is 48.9 Å². The highest BCUT2D eigenvalue weighted by molar-refractivity contribution is 5.88. The van der Waals surface area contributed by atoms with Crippen LogP contribution in [0.15, 0.2) is 103 Å². The van der Waals surface area contributed by atoms with E-state index in [4.69, 9.17) is 9.47 Å². The van der Waals surface area contributed by atoms with Crippen LogP contribution in [-0.4, -0.2) is 72.5 Å². The first-order valence-electron chi connectivity index (χ1n) is 17.6. The number of alkyl carbamates (subject to hydrolysis) is 1. The van der Waals surface area contributed by atoms with Crippen molar-refractivity contribution in [2.45, 2.75) is 57.2 Å². The normalized spacial score (nSPS) is 12.9. The van der Waals surface area contributed by atoms with Crippen LogP contribution < -0.4 is 31.3 Å². The summed E-state index contributed by atoms with van der Waals surface area (Å²) >= 11 is 0. The van der Waals surface area contributed by atoms with E-state index >= 15 is 0 Å². The molecule has 0 saturated heterocycles. The minimum atomic E-state index is -1.21. The molecule has 13 heteroatoms. The van der Waals surface area contributed by atoms with Crippen LogP contribution >= 0.6 is 0 Å². The average molecular weight is 736 g/mol. The molecule has 5 rings (SSSR count). The molecule has 0 heterocycles. The van der Waals surface area contributed by atoms with E-state index in [9.17, 15) is 29.1 Å². The van der Waals surface area contributed by atoms with Crippen LogP contribution in [0, 0.1) is 0 Å². The first-order valence-corrected chi connectivity index (χ1v) is 17.6. The number of nitrogens with one attached hydrogen (secondary N) is 5. The molecule has 5 amide bonds. The van der Waals surface area contributed by atoms with Gasteiger partial charge < -0.3 is 41.2 Å². The van der Waals surface area contributed by atoms with Crippen LogP contribution in [0.2, 0.25) is 0 Å². The summed E-state index contributed by atoms with van der Waals surface area (Å²) in [4.78, 5) is 63.1. The molecule has 0 saturated carbocycles. The van der Waals surface area contributed by atoms with E-state index in [-0.39, 0.29) is 32.0 Å². The number of amides is 5. The molecule has 0 aromatic heterocycles. The van der Waals surface area contributed by atoms with E-state index in [2.05, 4.69) is 26.6 Å². The Kier molecular flexibility index (Phi) is 12.9. The fourth-order valence-electron chi connectivity index (χ4n) is 6.13. The number of carbonyl (C=O) groups excluding carboxylic acids is 4. The Bertz CT molecular complexity index is 1900. The molecule has 4 aromatic rings. The highest BCUT2D eigenvalue weighted by atomic mass is 16.5. The summed E-state index contributed by atoms with van der Waals surface area (Å²) in [5.41, 5.74) is 5.33. The summed E-state index contributed by atoms with van der Waals surface area (Å²) in [7, 11) is 0. The number of rotatable bonds is 15. The molecule has 54 heavy (non-hydrogen) atoms. The minimum absolute atomic E-state index is 0.0574. The molecule has 0 aliphatic heterocycles. The van der Waals surface area contributed by atoms with Gasteiger partial charge in [-0.15, -0.1) is 0 Å². The van der Waals surface area contributed by atoms with Crippen LogP contribution in [0.25, 0.3) is 11.1 Å². The average Bonchev–Trinajstić information content (AvgIpc) is 3.46. The van der Waals surface area contributed by atoms with Gasteiger partial charge in [-0.3, -0.25) is 9.59 Å². The number of urea groups is 1. The molecule has 0 bridgehead atoms. The monoisotopic (exact) mass is 735 g/mol. The van der Waals surface area contributed by atoms with Crippen molar-refractivity contribution in [1.29, 1.82) is 0 Å². The second-order valence-electron chi connectivity index (χ2n) is 13.8. The second kappa shape index (κ2) is 17.9. The van der Waals surface area contributed by atoms with Crippen molar-refractivity contribution in [2.75, 3.05) is 19.8 Å². The topological polar surface area (TPSA) is 184 Å². The largest absolute Gasteiger partial charge is 0.488 e. The lowest BCUT2D eigenvalue weighted by molar-refractivity contribution is -0.141. The first kappa shape index (κ1) is 38.9. The summed E-state index contributed by atoms with van der Waals surface area (Å²) in [5, 5.41) is 21.9. The minimum Gasteiger partial charge on any atom is -0.488 e. The summed E-state index contributed by atoms with van der Waals surface area (Å²) in [5.74, 6) is -2.04. The lowest BCUT2D eigenvalue weighted by Gasteiger charge is -2.22. The summed E-state index contributed by atoms with van der Waals surface area (Å²) in [6.45, 7) is 5.03. The van der Waals surface area contributed by atoms with Crippen molar-refractivity contribution in [3.63, 3.8) is 0 Å². The quantitative estimate of drug-likeness (QED) is 0.0965. The lowest BCUT2D eigenvalue weighted by Crippen LogP contribution is -2.52. The third kappa shape index (κ3) is 11.1. The number of aliphatic carboxylic acids is 1. The van der Waals surface area contributed by atoms with Gasteiger partial charge in [0.25, 0.3) is 0 Å². The highest BCUT2D eigenvalue weighted by Gasteiger charge is 2.30. The van der Waals surface area contributed by atoms with Crippen molar-refractivity contribution in [3.05, 3.63) is 125 Å². The third-order valence-electron chi connectivity index (χ3n) is 8.58. The van der Waals surface area contributed by atoms with Gasteiger partial charge in [-0.25, -0.2) is 14.4 Å². The molecule has 282 valence electrons. The van der Waals surface area contributed by atoms with Crippen molar-refractivity contribution in [1.82, 2.24) is 26.6 Å². The molecular formula is C41H45N5O8. The maximum absolute atomic E-state index is 13.4. The number of carboxylic acids is 1. The molecule has 13 nitrogen and oxygen atoms in total. The van der Waals surface area contributed by atoms with E-state index in [0.29, 0.717) is 5.75 Å². The van der Waals surface area contributed by atoms with Gasteiger partial charge in [-0.2, -0.15) is 0 Å². The Morgan fingerprint density at radius 2 is 1.26 bits per heavy atom. The Balaban J connectivity index is 1.15. The highest BCUT2D eigenvalue weighted by Crippen LogP contribution is 2.44. The van der Waals surface area contributed by atoms with Gasteiger partial charge in [-0.05, 0) is 66.3 Å². The van der Waals surface area contributed by atoms with Gasteiger partial charge in [0.05, 0.1) is 13.2 Å². The maximum atomic E-state index is 13.4. The molecule has 0 fully saturated rings. The van der Waals surface area contributed by atoms with E-state index in [1.807, 2.05) is 69.3 Å². The first-order chi connectivity index (χ1) is 25.9. The number of hydrogen-bond donors (Lipinski definition) is 6. The molecule has 1 aliphatic rings. The fourth-order valence-corrected chi connectivity index (χ4v) is 6.13. The van der Waals surface area contributed by atoms with Crippen LogP contribution in [0.4, 0.5) is 9.59 Å². The van der Waals surface area contributed by atoms with Gasteiger partial charge in [0.2, 0.25) is 11.8 Å². The van der Waals surface area contributed by atoms with E-state index in [0.717, 1.165) is 33.4 Å². The van der Waals surface area contributed by atoms with Gasteiger partial charge in [0, 0.05) is 18.8 Å². The molecule has 0 radical (unpaired) electrons. The Labute approximate surface area is 313 Å². The number of carbonyl (C=O) groups is 5. The molecule has 4 aromatic carbocycles. The summed E-state index contributed by atoms with van der Waals surface area (Å²) < 4.78 is 11.6. The SMILES string of the molecule is CC(C)(C)Oc1ccc(C[C@H](NC(=O)OCC2c3ccccc3-c3ccccc32)C(=O)NCNC(=O)NCC(=O)N[C@@H](Cc2ccccc2)C(=O)O)cc1. The summed E-state index contributed by atoms with van der Waals surface area (Å²) in [6.07, 6.45) is -0.611. The number of fused-ring (bicyclic) bond motifs is 3. The zero-order valence-electron chi connectivity index (χ0n) is 30.4. The van der Waals surface area contributed by atoms with E-state index in [1.165, 1.54) is 0 Å². The van der Waals surface area contributed by atoms with Crippen molar-refractivity contribution >= 4 is 29.9 Å². The Morgan fingerprint density at radius 3 is 1.87 bits per heavy atom. The van der Waals surface area contributed by atoms with E-state index < -0.39 is 54.1 Å². The molecule has 1 aliphatic carbocycles. The fraction of sp³-hybridized carbons (Fsp3) is 0.293. The van der Waals surface area contributed by atoms with Crippen LogP contribution in [-0.2, 0) is 32.0 Å². The molecule has 0 unspecified atom stereocenters. The predicted molar refractivity (Wildman–Crippen MR) is 202 cm³/mol. The van der Waals surface area contributed by atoms with Gasteiger partial charge in [-0.1, -0.05) is 91.0 Å². The van der Waals surface area contributed by atoms with Crippen LogP contribution in [0.5, 0.6) is 5.75 Å². The molecular weight excluding hydrogens is 690 g/mol. The number of ether oxygens (including phenoxy) is 2. The standard InChI is InChI=1S/C41H45N5O8/c1-41(2,3)54-28-19-17-27(18-20-28)21-34(46-40(52)53-24-33-31-15-9-7-13-29(31)30-14-8-10-16-32(30)33)37(48)43-25-44-39(51)42-23-36(47)45-35(38(49)50)22-26-11-5-4-6-12-26/h4-20,33-35H,21-25H2,1-3H3,(H,43,48)(H,45,47)(H,46,52)(H,49,50)(H2,42,44,51)/t34-,35-/m0/s1. The summed E-state index contributed by atoms with van der Waals surface area (Å²) in [6, 6.07) is 28.9. The van der Waals surface area contributed by atoms with Gasteiger partial charge >= 0.3 is 18.1 Å². The zero-order valence-corrected chi connectivity index (χ0v) is 30.4. The molecule has 2 atom stereocenters. The van der Waals surface area contributed by atoms with Gasteiger partial charge in [0.1, 0.15) is 30.0 Å². The molecule has 0 spiro atoms. The van der Waals surface area contributed by atoms with Crippen molar-refractivity contribution in [2.24, 2.45) is 0 Å². The number of carboxylic acid groups (broad SMARTS) is 1. The number of hydrogen-bond acceptors (Lipinski definition) is 7. The molecule has 6 N–H and O–H groups in total. The Hall–Kier alpha value is -6.37. The zero-order chi connectivity index (χ0) is 38.7. The van der Waals surface area contributed by atoms with Gasteiger partial charge in [0.15, 0.2) is 0 Å². The maximum Gasteiger partial charge on any atom is 0.407 e. The number of benzene rings is 4. The predicted octanol–water partition coefficient (Wildman–Crippen LogP) is 4.50. The van der Waals surface area contributed by atoms with E-state index in [1.54, 1.807) is 54.6 Å². The van der Waals surface area contributed by atoms with Crippen molar-refractivity contribution in [3.8, 4) is 16.9 Å². The second-order valence-corrected chi connectivity index (χ2v) is 13.8.